The van der Waals surface area contributed by atoms with E-state index < -0.39 is 0 Å². The minimum atomic E-state index is -0.116. The number of carbonyl (C=O) groups is 1. The van der Waals surface area contributed by atoms with Gasteiger partial charge in [-0.15, -0.1) is 0 Å². The Morgan fingerprint density at radius 2 is 2.19 bits per heavy atom. The standard InChI is InChI=1S/C16H22N4O/c1-13-4-2-6-18-15(13)12-19-8-10-20(11-9-19)16(21)14-5-3-7-17-14/h2-6,14,17H,7-12H2,1H3/t14-/m1/s1. The van der Waals surface area contributed by atoms with Gasteiger partial charge in [0.25, 0.3) is 0 Å². The molecule has 0 saturated carbocycles. The summed E-state index contributed by atoms with van der Waals surface area (Å²) in [7, 11) is 0. The van der Waals surface area contributed by atoms with Crippen molar-refractivity contribution in [2.45, 2.75) is 19.5 Å². The van der Waals surface area contributed by atoms with E-state index in [4.69, 9.17) is 0 Å². The monoisotopic (exact) mass is 286 g/mol. The summed E-state index contributed by atoms with van der Waals surface area (Å²) in [6.45, 7) is 7.20. The smallest absolute Gasteiger partial charge is 0.243 e. The lowest BCUT2D eigenvalue weighted by Crippen LogP contribution is -2.52. The Morgan fingerprint density at radius 3 is 2.86 bits per heavy atom. The molecule has 1 N–H and O–H groups in total. The fourth-order valence-corrected chi connectivity index (χ4v) is 2.86. The van der Waals surface area contributed by atoms with Crippen LogP contribution in [0.1, 0.15) is 11.3 Å². The fourth-order valence-electron chi connectivity index (χ4n) is 2.86. The van der Waals surface area contributed by atoms with Crippen LogP contribution in [-0.4, -0.2) is 59.5 Å². The number of rotatable bonds is 3. The highest BCUT2D eigenvalue weighted by Gasteiger charge is 2.27. The third-order valence-electron chi connectivity index (χ3n) is 4.23. The van der Waals surface area contributed by atoms with Crippen molar-refractivity contribution in [1.82, 2.24) is 20.1 Å². The average Bonchev–Trinajstić information content (AvgIpc) is 3.04. The van der Waals surface area contributed by atoms with Gasteiger partial charge in [-0.3, -0.25) is 20.0 Å². The second-order valence-corrected chi connectivity index (χ2v) is 5.68. The molecule has 0 radical (unpaired) electrons. The topological polar surface area (TPSA) is 48.5 Å². The molecule has 2 aliphatic heterocycles. The van der Waals surface area contributed by atoms with E-state index in [0.29, 0.717) is 0 Å². The van der Waals surface area contributed by atoms with E-state index in [2.05, 4.69) is 28.2 Å². The van der Waals surface area contributed by atoms with Gasteiger partial charge in [0.05, 0.1) is 5.69 Å². The van der Waals surface area contributed by atoms with E-state index in [1.54, 1.807) is 0 Å². The van der Waals surface area contributed by atoms with Crippen molar-refractivity contribution in [2.24, 2.45) is 0 Å². The van der Waals surface area contributed by atoms with Crippen LogP contribution >= 0.6 is 0 Å². The second-order valence-electron chi connectivity index (χ2n) is 5.68. The summed E-state index contributed by atoms with van der Waals surface area (Å²) < 4.78 is 0. The zero-order chi connectivity index (χ0) is 14.7. The van der Waals surface area contributed by atoms with Crippen LogP contribution in [0.15, 0.2) is 30.5 Å². The quantitative estimate of drug-likeness (QED) is 0.825. The maximum absolute atomic E-state index is 12.3. The van der Waals surface area contributed by atoms with Gasteiger partial charge < -0.3 is 4.90 Å². The minimum absolute atomic E-state index is 0.116. The van der Waals surface area contributed by atoms with E-state index in [9.17, 15) is 4.79 Å². The molecule has 1 aromatic heterocycles. The first-order chi connectivity index (χ1) is 10.2. The van der Waals surface area contributed by atoms with Gasteiger partial charge in [-0.2, -0.15) is 0 Å². The van der Waals surface area contributed by atoms with Crippen LogP contribution in [-0.2, 0) is 11.3 Å². The molecule has 0 spiro atoms. The van der Waals surface area contributed by atoms with Gasteiger partial charge >= 0.3 is 0 Å². The summed E-state index contributed by atoms with van der Waals surface area (Å²) in [5, 5.41) is 3.19. The lowest BCUT2D eigenvalue weighted by Gasteiger charge is -2.35. The van der Waals surface area contributed by atoms with Gasteiger partial charge in [0.1, 0.15) is 6.04 Å². The van der Waals surface area contributed by atoms with Crippen LogP contribution in [0.25, 0.3) is 0 Å². The van der Waals surface area contributed by atoms with E-state index in [0.717, 1.165) is 45.0 Å². The molecule has 5 heteroatoms. The van der Waals surface area contributed by atoms with Crippen LogP contribution in [0.3, 0.4) is 0 Å². The largest absolute Gasteiger partial charge is 0.338 e. The summed E-state index contributed by atoms with van der Waals surface area (Å²) in [6.07, 6.45) is 5.83. The molecule has 1 fully saturated rings. The molecule has 5 nitrogen and oxygen atoms in total. The molecule has 1 saturated heterocycles. The number of nitrogens with one attached hydrogen (secondary N) is 1. The second kappa shape index (κ2) is 6.37. The molecular weight excluding hydrogens is 264 g/mol. The maximum atomic E-state index is 12.3. The summed E-state index contributed by atoms with van der Waals surface area (Å²) in [5.74, 6) is 0.206. The summed E-state index contributed by atoms with van der Waals surface area (Å²) in [5.41, 5.74) is 2.37. The average molecular weight is 286 g/mol. The van der Waals surface area contributed by atoms with Crippen molar-refractivity contribution in [1.29, 1.82) is 0 Å². The van der Waals surface area contributed by atoms with E-state index >= 15 is 0 Å². The summed E-state index contributed by atoms with van der Waals surface area (Å²) in [6, 6.07) is 3.95. The number of hydrogen-bond acceptors (Lipinski definition) is 4. The molecule has 1 aromatic rings. The highest BCUT2D eigenvalue weighted by molar-refractivity contribution is 5.84. The van der Waals surface area contributed by atoms with E-state index in [1.165, 1.54) is 5.56 Å². The number of aryl methyl sites for hydroxylation is 1. The molecule has 1 amide bonds. The first kappa shape index (κ1) is 14.2. The van der Waals surface area contributed by atoms with Crippen molar-refractivity contribution >= 4 is 5.91 Å². The van der Waals surface area contributed by atoms with Gasteiger partial charge in [-0.05, 0) is 18.6 Å². The molecule has 0 aromatic carbocycles. The highest BCUT2D eigenvalue weighted by atomic mass is 16.2. The number of carbonyl (C=O) groups excluding carboxylic acids is 1. The number of piperazine rings is 1. The Balaban J connectivity index is 1.52. The number of aromatic nitrogens is 1. The number of nitrogens with zero attached hydrogens (tertiary/aromatic N) is 3. The molecule has 0 aliphatic carbocycles. The number of pyridine rings is 1. The lowest BCUT2D eigenvalue weighted by atomic mass is 10.2. The van der Waals surface area contributed by atoms with Gasteiger partial charge in [0.2, 0.25) is 5.91 Å². The van der Waals surface area contributed by atoms with Gasteiger partial charge in [-0.25, -0.2) is 0 Å². The van der Waals surface area contributed by atoms with Crippen molar-refractivity contribution < 1.29 is 4.79 Å². The number of amides is 1. The first-order valence-corrected chi connectivity index (χ1v) is 7.56. The van der Waals surface area contributed by atoms with E-state index in [-0.39, 0.29) is 11.9 Å². The molecule has 0 bridgehead atoms. The van der Waals surface area contributed by atoms with Gasteiger partial charge in [0.15, 0.2) is 0 Å². The Morgan fingerprint density at radius 1 is 1.38 bits per heavy atom. The predicted molar refractivity (Wildman–Crippen MR) is 81.8 cm³/mol. The highest BCUT2D eigenvalue weighted by Crippen LogP contribution is 2.11. The van der Waals surface area contributed by atoms with Crippen molar-refractivity contribution in [3.05, 3.63) is 41.7 Å². The van der Waals surface area contributed by atoms with E-state index in [1.807, 2.05) is 29.3 Å². The van der Waals surface area contributed by atoms with Crippen LogP contribution in [0.4, 0.5) is 0 Å². The normalized spacial score (nSPS) is 22.7. The molecule has 21 heavy (non-hydrogen) atoms. The molecule has 2 aliphatic rings. The summed E-state index contributed by atoms with van der Waals surface area (Å²) >= 11 is 0. The van der Waals surface area contributed by atoms with Crippen molar-refractivity contribution in [2.75, 3.05) is 32.7 Å². The van der Waals surface area contributed by atoms with Crippen LogP contribution in [0, 0.1) is 6.92 Å². The van der Waals surface area contributed by atoms with Crippen LogP contribution in [0.5, 0.6) is 0 Å². The number of hydrogen-bond donors (Lipinski definition) is 1. The van der Waals surface area contributed by atoms with Gasteiger partial charge in [-0.1, -0.05) is 18.2 Å². The lowest BCUT2D eigenvalue weighted by molar-refractivity contribution is -0.133. The predicted octanol–water partition coefficient (Wildman–Crippen LogP) is 0.562. The third-order valence-corrected chi connectivity index (χ3v) is 4.23. The SMILES string of the molecule is Cc1cccnc1CN1CCN(C(=O)[C@H]2C=CCN2)CC1. The molecule has 3 heterocycles. The maximum Gasteiger partial charge on any atom is 0.243 e. The first-order valence-electron chi connectivity index (χ1n) is 7.56. The Labute approximate surface area is 125 Å². The zero-order valence-electron chi connectivity index (χ0n) is 12.5. The minimum Gasteiger partial charge on any atom is -0.338 e. The summed E-state index contributed by atoms with van der Waals surface area (Å²) in [4.78, 5) is 21.1. The molecule has 0 unspecified atom stereocenters. The Kier molecular flexibility index (Phi) is 4.31. The Hall–Kier alpha value is -1.72. The van der Waals surface area contributed by atoms with Crippen LogP contribution in [0.2, 0.25) is 0 Å². The zero-order valence-corrected chi connectivity index (χ0v) is 12.5. The Bertz CT molecular complexity index is 535. The van der Waals surface area contributed by atoms with Crippen LogP contribution < -0.4 is 5.32 Å². The molecule has 3 rings (SSSR count). The molecular formula is C16H22N4O. The molecule has 112 valence electrons. The van der Waals surface area contributed by atoms with Gasteiger partial charge in [0, 0.05) is 45.5 Å². The fraction of sp³-hybridized carbons (Fsp3) is 0.500. The van der Waals surface area contributed by atoms with Crippen molar-refractivity contribution in [3.63, 3.8) is 0 Å². The van der Waals surface area contributed by atoms with Crippen molar-refractivity contribution in [3.8, 4) is 0 Å². The third kappa shape index (κ3) is 3.31. The molecule has 1 atom stereocenters.